The van der Waals surface area contributed by atoms with Crippen molar-refractivity contribution in [1.29, 1.82) is 0 Å². The summed E-state index contributed by atoms with van der Waals surface area (Å²) in [6.45, 7) is 15.4. The fraction of sp³-hybridized carbons (Fsp3) is 0.692. The quantitative estimate of drug-likeness (QED) is 0.330. The standard InChI is InChI=1S/C38H52N6O2.CH4O3S.H2O/c1-26-22-31-29-9-8-27-23-28(45)10-12-37(27,2)30(29)11-13-38(31,3)35(26)32(46)25-41-18-20-43(21-19-41)34-24-33(42-14-4-5-15-42)39-36(40-34)44-16-6-7-17-44;1-5(2,3)4;/h10-12,23-24,26,29,31,35H,4-9,13-22,25H2,1-3H3;1H3,(H,2,3,4);1H2/t26-,29-,31+,35-,37+,38+;;/m1../s1. The minimum absolute atomic E-state index is 0. The molecular weight excluding hydrogens is 681 g/mol. The maximum Gasteiger partial charge on any atom is 0.261 e. The molecule has 1 aromatic rings. The highest BCUT2D eigenvalue weighted by molar-refractivity contribution is 7.85. The molecule has 3 N–H and O–H groups in total. The summed E-state index contributed by atoms with van der Waals surface area (Å²) >= 11 is 0. The Kier molecular flexibility index (Phi) is 11.1. The van der Waals surface area contributed by atoms with Crippen molar-refractivity contribution in [2.45, 2.75) is 72.1 Å². The van der Waals surface area contributed by atoms with E-state index in [0.29, 0.717) is 36.3 Å². The summed E-state index contributed by atoms with van der Waals surface area (Å²) in [4.78, 5) is 46.1. The lowest BCUT2D eigenvalue weighted by atomic mass is 9.52. The SMILES string of the molecule is CS(=O)(=O)O.C[C@@H]1C[C@H]2[C@@H]3CCC4=CC(=O)C=C[C@]4(C)C3=CC[C@]2(C)[C@H]1C(=O)CN1CCN(c2cc(N3CCCC3)nc(N3CCCC3)n2)CC1.O. The van der Waals surface area contributed by atoms with Gasteiger partial charge in [-0.2, -0.15) is 18.4 Å². The third-order valence-corrected chi connectivity index (χ3v) is 13.2. The van der Waals surface area contributed by atoms with Crippen LogP contribution in [-0.2, 0) is 19.7 Å². The fourth-order valence-corrected chi connectivity index (χ4v) is 10.8. The average Bonchev–Trinajstić information content (AvgIpc) is 3.86. The van der Waals surface area contributed by atoms with E-state index in [0.717, 1.165) is 95.6 Å². The van der Waals surface area contributed by atoms with Crippen LogP contribution in [0.3, 0.4) is 0 Å². The fourth-order valence-electron chi connectivity index (χ4n) is 10.8. The number of rotatable bonds is 6. The molecule has 6 atom stereocenters. The molecule has 5 fully saturated rings. The van der Waals surface area contributed by atoms with Crippen LogP contribution in [0.1, 0.15) is 72.1 Å². The van der Waals surface area contributed by atoms with Crippen LogP contribution in [0.5, 0.6) is 0 Å². The minimum Gasteiger partial charge on any atom is -0.412 e. The zero-order valence-electron chi connectivity index (χ0n) is 31.4. The van der Waals surface area contributed by atoms with E-state index in [1.807, 2.05) is 6.08 Å². The van der Waals surface area contributed by atoms with E-state index in [-0.39, 0.29) is 28.0 Å². The van der Waals surface area contributed by atoms with Crippen LogP contribution in [0.2, 0.25) is 0 Å². The maximum atomic E-state index is 14.2. The van der Waals surface area contributed by atoms with Crippen LogP contribution < -0.4 is 14.7 Å². The molecule has 0 bridgehead atoms. The van der Waals surface area contributed by atoms with Gasteiger partial charge in [-0.1, -0.05) is 37.1 Å². The van der Waals surface area contributed by atoms with Crippen LogP contribution in [-0.4, -0.2) is 110 Å². The van der Waals surface area contributed by atoms with Gasteiger partial charge in [0.15, 0.2) is 11.6 Å². The smallest absolute Gasteiger partial charge is 0.261 e. The zero-order chi connectivity index (χ0) is 36.1. The summed E-state index contributed by atoms with van der Waals surface area (Å²) in [5.74, 6) is 5.14. The largest absolute Gasteiger partial charge is 0.412 e. The van der Waals surface area contributed by atoms with Gasteiger partial charge >= 0.3 is 0 Å². The lowest BCUT2D eigenvalue weighted by Gasteiger charge is -2.52. The molecule has 0 amide bonds. The number of carbonyl (C=O) groups is 2. The molecule has 0 unspecified atom stereocenters. The Morgan fingerprint density at radius 3 is 2.13 bits per heavy atom. The number of anilines is 3. The predicted molar refractivity (Wildman–Crippen MR) is 204 cm³/mol. The van der Waals surface area contributed by atoms with E-state index in [9.17, 15) is 18.0 Å². The first-order valence-corrected chi connectivity index (χ1v) is 21.0. The third-order valence-electron chi connectivity index (χ3n) is 13.2. The van der Waals surface area contributed by atoms with E-state index >= 15 is 0 Å². The van der Waals surface area contributed by atoms with Crippen LogP contribution in [0, 0.1) is 34.5 Å². The van der Waals surface area contributed by atoms with Gasteiger partial charge in [0.05, 0.1) is 12.8 Å². The van der Waals surface area contributed by atoms with Gasteiger partial charge in [0.25, 0.3) is 10.1 Å². The first-order valence-electron chi connectivity index (χ1n) is 19.2. The number of piperazine rings is 1. The van der Waals surface area contributed by atoms with E-state index in [2.05, 4.69) is 58.6 Å². The molecule has 3 saturated heterocycles. The van der Waals surface area contributed by atoms with Crippen molar-refractivity contribution in [2.75, 3.05) is 79.9 Å². The Labute approximate surface area is 309 Å². The molecule has 3 aliphatic heterocycles. The third kappa shape index (κ3) is 7.61. The molecule has 286 valence electrons. The van der Waals surface area contributed by atoms with Gasteiger partial charge in [-0.3, -0.25) is 19.0 Å². The number of hydrogen-bond acceptors (Lipinski definition) is 10. The highest BCUT2D eigenvalue weighted by atomic mass is 32.2. The van der Waals surface area contributed by atoms with Gasteiger partial charge in [-0.05, 0) is 93.6 Å². The van der Waals surface area contributed by atoms with E-state index in [4.69, 9.17) is 14.5 Å². The van der Waals surface area contributed by atoms with Gasteiger partial charge in [0.1, 0.15) is 11.6 Å². The lowest BCUT2D eigenvalue weighted by Crippen LogP contribution is -2.51. The molecule has 13 heteroatoms. The first kappa shape index (κ1) is 38.6. The topological polar surface area (TPSA) is 159 Å². The van der Waals surface area contributed by atoms with E-state index in [1.54, 1.807) is 6.08 Å². The number of carbonyl (C=O) groups excluding carboxylic acids is 2. The Bertz CT molecular complexity index is 1680. The molecule has 7 aliphatic rings. The Morgan fingerprint density at radius 1 is 0.942 bits per heavy atom. The molecule has 4 heterocycles. The van der Waals surface area contributed by atoms with E-state index < -0.39 is 10.1 Å². The van der Waals surface area contributed by atoms with Crippen molar-refractivity contribution >= 4 is 39.3 Å². The van der Waals surface area contributed by atoms with Crippen LogP contribution in [0.15, 0.2) is 41.5 Å². The summed E-state index contributed by atoms with van der Waals surface area (Å²) < 4.78 is 25.9. The van der Waals surface area contributed by atoms with Crippen LogP contribution in [0.4, 0.5) is 17.6 Å². The van der Waals surface area contributed by atoms with Gasteiger partial charge < -0.3 is 20.2 Å². The highest BCUT2D eigenvalue weighted by Crippen LogP contribution is 2.65. The molecule has 1 aromatic heterocycles. The number of hydrogen-bond donors (Lipinski definition) is 1. The Balaban J connectivity index is 0.000000726. The van der Waals surface area contributed by atoms with Crippen molar-refractivity contribution in [1.82, 2.24) is 14.9 Å². The van der Waals surface area contributed by atoms with Crippen LogP contribution >= 0.6 is 0 Å². The number of fused-ring (bicyclic) bond motifs is 5. The normalized spacial score (nSPS) is 32.9. The molecule has 12 nitrogen and oxygen atoms in total. The molecule has 0 spiro atoms. The molecule has 0 aromatic carbocycles. The second-order valence-electron chi connectivity index (χ2n) is 16.7. The van der Waals surface area contributed by atoms with Crippen molar-refractivity contribution < 1.29 is 28.0 Å². The van der Waals surface area contributed by atoms with Crippen molar-refractivity contribution in [3.05, 3.63) is 41.5 Å². The average molecular weight is 739 g/mol. The highest BCUT2D eigenvalue weighted by Gasteiger charge is 2.59. The summed E-state index contributed by atoms with van der Waals surface area (Å²) in [5, 5.41) is 0. The van der Waals surface area contributed by atoms with Crippen LogP contribution in [0.25, 0.3) is 0 Å². The number of Topliss-reactive ketones (excluding diaryl/α,β-unsaturated/α-hetero) is 1. The molecule has 52 heavy (non-hydrogen) atoms. The van der Waals surface area contributed by atoms with Crippen molar-refractivity contribution in [3.8, 4) is 0 Å². The summed E-state index contributed by atoms with van der Waals surface area (Å²) in [5.41, 5.74) is 2.68. The predicted octanol–water partition coefficient (Wildman–Crippen LogP) is 4.14. The van der Waals surface area contributed by atoms with Crippen molar-refractivity contribution in [3.63, 3.8) is 0 Å². The Morgan fingerprint density at radius 2 is 1.52 bits per heavy atom. The molecular formula is C39H58N6O6S. The summed E-state index contributed by atoms with van der Waals surface area (Å²) in [6, 6.07) is 2.21. The number of aromatic nitrogens is 2. The Hall–Kier alpha value is -3.13. The maximum absolute atomic E-state index is 14.2. The van der Waals surface area contributed by atoms with Gasteiger partial charge in [0, 0.05) is 69.8 Å². The summed E-state index contributed by atoms with van der Waals surface area (Å²) in [7, 11) is -3.67. The van der Waals surface area contributed by atoms with Crippen molar-refractivity contribution in [2.24, 2.45) is 34.5 Å². The summed E-state index contributed by atoms with van der Waals surface area (Å²) in [6.07, 6.45) is 18.1. The van der Waals surface area contributed by atoms with Gasteiger partial charge in [0.2, 0.25) is 5.95 Å². The second kappa shape index (κ2) is 14.9. The number of allylic oxidation sites excluding steroid dienone is 6. The number of ketones is 2. The minimum atomic E-state index is -3.67. The number of nitrogens with zero attached hydrogens (tertiary/aromatic N) is 6. The lowest BCUT2D eigenvalue weighted by molar-refractivity contribution is -0.129. The first-order chi connectivity index (χ1) is 24.2. The second-order valence-corrected chi connectivity index (χ2v) is 18.1. The molecule has 2 saturated carbocycles. The molecule has 4 aliphatic carbocycles. The monoisotopic (exact) mass is 738 g/mol. The van der Waals surface area contributed by atoms with Gasteiger partial charge in [-0.25, -0.2) is 0 Å². The zero-order valence-corrected chi connectivity index (χ0v) is 32.2. The van der Waals surface area contributed by atoms with E-state index in [1.165, 1.54) is 36.8 Å². The van der Waals surface area contributed by atoms with Gasteiger partial charge in [-0.15, -0.1) is 0 Å². The molecule has 8 rings (SSSR count). The molecule has 0 radical (unpaired) electrons.